The van der Waals surface area contributed by atoms with E-state index in [1.54, 1.807) is 16.7 Å². The number of aromatic nitrogens is 1. The van der Waals surface area contributed by atoms with Crippen molar-refractivity contribution in [1.29, 1.82) is 0 Å². The van der Waals surface area contributed by atoms with Crippen LogP contribution in [0, 0.1) is 0 Å². The zero-order chi connectivity index (χ0) is 21.2. The molecule has 3 atom stereocenters. The van der Waals surface area contributed by atoms with Crippen molar-refractivity contribution in [2.45, 2.75) is 55.4 Å². The number of halogens is 3. The quantitative estimate of drug-likeness (QED) is 0.764. The summed E-state index contributed by atoms with van der Waals surface area (Å²) in [5.41, 5.74) is 0. The fourth-order valence-electron chi connectivity index (χ4n) is 3.41. The van der Waals surface area contributed by atoms with Gasteiger partial charge in [-0.1, -0.05) is 0 Å². The maximum absolute atomic E-state index is 12.7. The van der Waals surface area contributed by atoms with Crippen LogP contribution in [-0.2, 0) is 19.6 Å². The molecule has 1 aromatic heterocycles. The first kappa shape index (κ1) is 21.8. The number of ether oxygens (including phenoxy) is 2. The number of carbonyl (C=O) groups is 1. The molecule has 1 aromatic rings. The van der Waals surface area contributed by atoms with Crippen molar-refractivity contribution in [3.8, 4) is 5.75 Å². The van der Waals surface area contributed by atoms with Crippen LogP contribution in [-0.4, -0.2) is 71.6 Å². The highest BCUT2D eigenvalue weighted by Crippen LogP contribution is 2.39. The summed E-state index contributed by atoms with van der Waals surface area (Å²) in [5, 5.41) is 6.94. The molecule has 0 spiro atoms. The Hall–Kier alpha value is -1.92. The van der Waals surface area contributed by atoms with E-state index < -0.39 is 22.2 Å². The highest BCUT2D eigenvalue weighted by Gasteiger charge is 2.53. The lowest BCUT2D eigenvalue weighted by molar-refractivity contribution is -0.192. The molecule has 2 saturated heterocycles. The van der Waals surface area contributed by atoms with Gasteiger partial charge in [0.05, 0.1) is 24.0 Å². The van der Waals surface area contributed by atoms with Crippen LogP contribution in [0.1, 0.15) is 25.7 Å². The van der Waals surface area contributed by atoms with Crippen LogP contribution in [0.4, 0.5) is 13.2 Å². The topological polar surface area (TPSA) is 106 Å². The summed E-state index contributed by atoms with van der Waals surface area (Å²) < 4.78 is 70.5. The second kappa shape index (κ2) is 8.44. The lowest BCUT2D eigenvalue weighted by Gasteiger charge is -2.31. The van der Waals surface area contributed by atoms with Gasteiger partial charge >= 0.3 is 12.1 Å². The molecule has 1 aliphatic carbocycles. The SMILES string of the molecule is O=C(O)C(F)(F)F.O=S(=O)(C1CC1)N1C[C@H](Oc2cccnc2)[C@H]2OCCC[C@H]21. The third kappa shape index (κ3) is 5.17. The molecule has 0 bridgehead atoms. The van der Waals surface area contributed by atoms with Crippen molar-refractivity contribution in [2.75, 3.05) is 13.2 Å². The number of carboxylic acid groups (broad SMARTS) is 1. The fourth-order valence-corrected chi connectivity index (χ4v) is 5.49. The Morgan fingerprint density at radius 2 is 2.00 bits per heavy atom. The summed E-state index contributed by atoms with van der Waals surface area (Å²) in [6, 6.07) is 3.56. The third-order valence-corrected chi connectivity index (χ3v) is 7.25. The first-order chi connectivity index (χ1) is 13.6. The summed E-state index contributed by atoms with van der Waals surface area (Å²) in [6.07, 6.45) is 1.13. The average Bonchev–Trinajstić information content (AvgIpc) is 3.46. The molecular formula is C17H21F3N2O6S. The van der Waals surface area contributed by atoms with Gasteiger partial charge in [-0.15, -0.1) is 0 Å². The van der Waals surface area contributed by atoms with Gasteiger partial charge in [0, 0.05) is 12.8 Å². The molecule has 162 valence electrons. The summed E-state index contributed by atoms with van der Waals surface area (Å²) in [7, 11) is -3.20. The van der Waals surface area contributed by atoms with Crippen LogP contribution in [0.2, 0.25) is 0 Å². The van der Waals surface area contributed by atoms with Gasteiger partial charge in [-0.3, -0.25) is 4.98 Å². The molecule has 3 heterocycles. The van der Waals surface area contributed by atoms with Crippen molar-refractivity contribution < 1.29 is 41.0 Å². The molecule has 0 aromatic carbocycles. The number of hydrogen-bond donors (Lipinski definition) is 1. The van der Waals surface area contributed by atoms with Crippen LogP contribution in [0.3, 0.4) is 0 Å². The minimum atomic E-state index is -5.08. The van der Waals surface area contributed by atoms with Gasteiger partial charge in [0.1, 0.15) is 18.0 Å². The van der Waals surface area contributed by atoms with Crippen LogP contribution < -0.4 is 4.74 Å². The van der Waals surface area contributed by atoms with E-state index in [0.717, 1.165) is 25.7 Å². The molecule has 3 aliphatic rings. The van der Waals surface area contributed by atoms with E-state index in [0.29, 0.717) is 18.9 Å². The van der Waals surface area contributed by atoms with Crippen molar-refractivity contribution in [1.82, 2.24) is 9.29 Å². The van der Waals surface area contributed by atoms with E-state index in [4.69, 9.17) is 19.4 Å². The summed E-state index contributed by atoms with van der Waals surface area (Å²) in [5.74, 6) is -2.10. The Kier molecular flexibility index (Phi) is 6.34. The maximum atomic E-state index is 12.7. The van der Waals surface area contributed by atoms with Crippen molar-refractivity contribution in [3.05, 3.63) is 24.5 Å². The lowest BCUT2D eigenvalue weighted by atomic mass is 10.0. The van der Waals surface area contributed by atoms with Gasteiger partial charge in [-0.2, -0.15) is 17.5 Å². The first-order valence-electron chi connectivity index (χ1n) is 9.09. The number of pyridine rings is 1. The molecule has 1 N–H and O–H groups in total. The van der Waals surface area contributed by atoms with Crippen LogP contribution in [0.25, 0.3) is 0 Å². The van der Waals surface area contributed by atoms with E-state index in [2.05, 4.69) is 4.98 Å². The molecule has 29 heavy (non-hydrogen) atoms. The van der Waals surface area contributed by atoms with Crippen LogP contribution in [0.5, 0.6) is 5.75 Å². The molecule has 12 heteroatoms. The predicted molar refractivity (Wildman–Crippen MR) is 93.8 cm³/mol. The second-order valence-electron chi connectivity index (χ2n) is 7.01. The fraction of sp³-hybridized carbons (Fsp3) is 0.647. The van der Waals surface area contributed by atoms with Crippen molar-refractivity contribution >= 4 is 16.0 Å². The van der Waals surface area contributed by atoms with Gasteiger partial charge in [0.25, 0.3) is 0 Å². The summed E-state index contributed by atoms with van der Waals surface area (Å²) in [4.78, 5) is 12.9. The van der Waals surface area contributed by atoms with Crippen molar-refractivity contribution in [2.24, 2.45) is 0 Å². The normalized spacial score (nSPS) is 27.5. The summed E-state index contributed by atoms with van der Waals surface area (Å²) >= 11 is 0. The molecular weight excluding hydrogens is 417 g/mol. The molecule has 8 nitrogen and oxygen atoms in total. The number of aliphatic carboxylic acids is 1. The van der Waals surface area contributed by atoms with E-state index in [9.17, 15) is 21.6 Å². The standard InChI is InChI=1S/C15H20N2O4S.C2HF3O2/c18-22(19,12-5-6-12)17-10-14(15-13(17)4-2-8-20-15)21-11-3-1-7-16-9-11;3-2(4,5)1(6)7/h1,3,7,9,12-15H,2,4-6,8,10H2;(H,6,7)/t13-,14+,15+;/m1./s1. The van der Waals surface area contributed by atoms with Crippen molar-refractivity contribution in [3.63, 3.8) is 0 Å². The Balaban J connectivity index is 0.000000298. The highest BCUT2D eigenvalue weighted by molar-refractivity contribution is 7.90. The Morgan fingerprint density at radius 3 is 2.55 bits per heavy atom. The molecule has 4 rings (SSSR count). The molecule has 1 saturated carbocycles. The minimum Gasteiger partial charge on any atom is -0.485 e. The highest BCUT2D eigenvalue weighted by atomic mass is 32.2. The number of sulfonamides is 1. The van der Waals surface area contributed by atoms with E-state index >= 15 is 0 Å². The Bertz CT molecular complexity index is 816. The zero-order valence-corrected chi connectivity index (χ0v) is 16.1. The number of hydrogen-bond acceptors (Lipinski definition) is 6. The minimum absolute atomic E-state index is 0.0824. The van der Waals surface area contributed by atoms with E-state index in [-0.39, 0.29) is 23.5 Å². The Labute approximate surface area is 165 Å². The van der Waals surface area contributed by atoms with E-state index in [1.807, 2.05) is 12.1 Å². The maximum Gasteiger partial charge on any atom is 0.490 e. The van der Waals surface area contributed by atoms with Gasteiger partial charge in [-0.05, 0) is 37.8 Å². The van der Waals surface area contributed by atoms with Gasteiger partial charge < -0.3 is 14.6 Å². The second-order valence-corrected chi connectivity index (χ2v) is 9.17. The number of carboxylic acids is 1. The predicted octanol–water partition coefficient (Wildman–Crippen LogP) is 1.82. The molecule has 0 unspecified atom stereocenters. The molecule has 2 aliphatic heterocycles. The first-order valence-corrected chi connectivity index (χ1v) is 10.6. The summed E-state index contributed by atoms with van der Waals surface area (Å²) in [6.45, 7) is 1.05. The molecule has 0 amide bonds. The van der Waals surface area contributed by atoms with Crippen LogP contribution >= 0.6 is 0 Å². The van der Waals surface area contributed by atoms with Crippen LogP contribution in [0.15, 0.2) is 24.5 Å². The smallest absolute Gasteiger partial charge is 0.485 e. The van der Waals surface area contributed by atoms with Gasteiger partial charge in [-0.25, -0.2) is 13.2 Å². The number of alkyl halides is 3. The lowest BCUT2D eigenvalue weighted by Crippen LogP contribution is -2.45. The van der Waals surface area contributed by atoms with Gasteiger partial charge in [0.2, 0.25) is 10.0 Å². The largest absolute Gasteiger partial charge is 0.490 e. The van der Waals surface area contributed by atoms with E-state index in [1.165, 1.54) is 0 Å². The third-order valence-electron chi connectivity index (χ3n) is 4.87. The zero-order valence-electron chi connectivity index (χ0n) is 15.3. The number of fused-ring (bicyclic) bond motifs is 1. The monoisotopic (exact) mass is 438 g/mol. The average molecular weight is 438 g/mol. The number of nitrogens with zero attached hydrogens (tertiary/aromatic N) is 2. The molecule has 3 fully saturated rings. The molecule has 0 radical (unpaired) electrons. The Morgan fingerprint density at radius 1 is 1.31 bits per heavy atom. The van der Waals surface area contributed by atoms with Gasteiger partial charge in [0.15, 0.2) is 0 Å². The number of rotatable bonds is 4.